The monoisotopic (exact) mass is 1220 g/mol. The van der Waals surface area contributed by atoms with E-state index in [4.69, 9.17) is 17.2 Å². The van der Waals surface area contributed by atoms with Gasteiger partial charge in [0.05, 0.1) is 31.5 Å². The van der Waals surface area contributed by atoms with E-state index in [-0.39, 0.29) is 62.0 Å². The molecule has 12 atom stereocenters. The third-order valence-electron chi connectivity index (χ3n) is 12.6. The zero-order valence-electron chi connectivity index (χ0n) is 48.2. The van der Waals surface area contributed by atoms with Gasteiger partial charge in [-0.05, 0) is 57.4 Å². The van der Waals surface area contributed by atoms with Gasteiger partial charge in [0.25, 0.3) is 0 Å². The fraction of sp³-hybridized carbons (Fsp3) is 0.577. The molecule has 2 aromatic rings. The zero-order chi connectivity index (χ0) is 64.2. The van der Waals surface area contributed by atoms with E-state index in [1.54, 1.807) is 44.2 Å². The first-order valence-corrected chi connectivity index (χ1v) is 27.7. The summed E-state index contributed by atoms with van der Waals surface area (Å²) in [4.78, 5) is 170. The maximum atomic E-state index is 14.2. The van der Waals surface area contributed by atoms with Gasteiger partial charge in [0.1, 0.15) is 60.4 Å². The number of H-pyrrole nitrogens is 1. The maximum Gasteiger partial charge on any atom is 0.326 e. The van der Waals surface area contributed by atoms with Crippen LogP contribution >= 0.6 is 12.6 Å². The van der Waals surface area contributed by atoms with Crippen molar-refractivity contribution in [3.8, 4) is 0 Å². The number of nitrogens with one attached hydrogen (secondary N) is 11. The first kappa shape index (κ1) is 72.7. The normalized spacial score (nSPS) is 15.4. The molecule has 32 nitrogen and oxygen atoms in total. The number of imidazole rings is 1. The molecule has 0 bridgehead atoms. The van der Waals surface area contributed by atoms with E-state index in [0.717, 1.165) is 0 Å². The van der Waals surface area contributed by atoms with Crippen molar-refractivity contribution in [2.75, 3.05) is 18.8 Å². The standard InChI is InChI=1S/C52H82N16O16S/c1-24(2)16-32(46(78)68-41(28(7)70)50(82)65-35(51(83)84)17-29-12-9-8-10-13-29)61-37(71)21-58-43(75)31(14-11-15-57-52(54)55)62-44(76)33(18-30-20-56-23-59-30)63-45(77)34(19-38(72)73)64-49(81)40(25(3)4)67-42(74)26(5)60-47(79)36(22-85)66-48(80)39(53)27(6)69/h8-10,12-13,20,23-28,31-36,39-41,69-70,85H,11,14-19,21-22,53H2,1-7H3,(H,56,59)(H,58,75)(H,60,79)(H,61,71)(H,62,76)(H,63,77)(H,64,81)(H,65,82)(H,66,80)(H,67,74)(H,68,78)(H,72,73)(H,83,84)(H4,54,55,57)/t26-,27+,28+,31-,32-,33-,34-,35-,36-,39-,40-,41-/m0/s1. The predicted molar refractivity (Wildman–Crippen MR) is 308 cm³/mol. The van der Waals surface area contributed by atoms with Crippen LogP contribution < -0.4 is 70.4 Å². The number of thiol groups is 1. The molecule has 0 aliphatic carbocycles. The number of aliphatic hydroxyl groups is 2. The van der Waals surface area contributed by atoms with Gasteiger partial charge in [-0.1, -0.05) is 58.0 Å². The molecule has 0 unspecified atom stereocenters. The minimum Gasteiger partial charge on any atom is -0.481 e. The lowest BCUT2D eigenvalue weighted by atomic mass is 10.0. The van der Waals surface area contributed by atoms with E-state index in [2.05, 4.69) is 80.8 Å². The van der Waals surface area contributed by atoms with Crippen LogP contribution in [0.2, 0.25) is 0 Å². The highest BCUT2D eigenvalue weighted by molar-refractivity contribution is 7.80. The number of aromatic amines is 1. The van der Waals surface area contributed by atoms with Gasteiger partial charge in [0.2, 0.25) is 59.1 Å². The van der Waals surface area contributed by atoms with Crippen LogP contribution in [0.1, 0.15) is 85.4 Å². The van der Waals surface area contributed by atoms with Crippen LogP contribution in [0, 0.1) is 11.8 Å². The molecule has 1 aromatic carbocycles. The highest BCUT2D eigenvalue weighted by atomic mass is 32.1. The third kappa shape index (κ3) is 26.4. The first-order chi connectivity index (χ1) is 39.8. The highest BCUT2D eigenvalue weighted by Gasteiger charge is 2.37. The lowest BCUT2D eigenvalue weighted by Gasteiger charge is -2.28. The molecule has 85 heavy (non-hydrogen) atoms. The van der Waals surface area contributed by atoms with Crippen LogP contribution in [0.5, 0.6) is 0 Å². The highest BCUT2D eigenvalue weighted by Crippen LogP contribution is 2.11. The summed E-state index contributed by atoms with van der Waals surface area (Å²) in [7, 11) is 0. The molecule has 10 amide bonds. The average Bonchev–Trinajstić information content (AvgIpc) is 4.16. The summed E-state index contributed by atoms with van der Waals surface area (Å²) in [5, 5.41) is 63.8. The summed E-state index contributed by atoms with van der Waals surface area (Å²) in [5.74, 6) is -14.3. The molecule has 33 heteroatoms. The predicted octanol–water partition coefficient (Wildman–Crippen LogP) is -5.97. The van der Waals surface area contributed by atoms with Crippen molar-refractivity contribution in [1.29, 1.82) is 0 Å². The van der Waals surface area contributed by atoms with Gasteiger partial charge < -0.3 is 95.8 Å². The first-order valence-electron chi connectivity index (χ1n) is 27.1. The van der Waals surface area contributed by atoms with Gasteiger partial charge in [-0.15, -0.1) is 0 Å². The van der Waals surface area contributed by atoms with E-state index < -0.39 is 163 Å². The van der Waals surface area contributed by atoms with Crippen molar-refractivity contribution >= 4 is 89.6 Å². The summed E-state index contributed by atoms with van der Waals surface area (Å²) >= 11 is 4.06. The Morgan fingerprint density at radius 1 is 0.612 bits per heavy atom. The van der Waals surface area contributed by atoms with Gasteiger partial charge in [-0.2, -0.15) is 12.6 Å². The summed E-state index contributed by atoms with van der Waals surface area (Å²) in [5.41, 5.74) is 17.4. The SMILES string of the molecule is CC(C)C[C@H](NC(=O)CNC(=O)[C@H](CCCN=C(N)N)NC(=O)[C@H](Cc1cnc[nH]1)NC(=O)[C@H](CC(=O)O)NC(=O)[C@@H](NC(=O)[C@H](C)NC(=O)[C@H](CS)NC(=O)[C@@H](N)[C@@H](C)O)C(C)C)C(=O)N[C@H](C(=O)N[C@@H](Cc1ccccc1)C(=O)O)[C@@H](C)O. The number of aromatic nitrogens is 2. The molecule has 0 aliphatic heterocycles. The minimum atomic E-state index is -1.91. The van der Waals surface area contributed by atoms with Crippen molar-refractivity contribution < 1.29 is 78.0 Å². The van der Waals surface area contributed by atoms with Gasteiger partial charge in [-0.3, -0.25) is 57.7 Å². The smallest absolute Gasteiger partial charge is 0.326 e. The molecule has 1 aromatic heterocycles. The van der Waals surface area contributed by atoms with Crippen LogP contribution in [0.3, 0.4) is 0 Å². The van der Waals surface area contributed by atoms with Crippen LogP contribution in [0.4, 0.5) is 0 Å². The summed E-state index contributed by atoms with van der Waals surface area (Å²) < 4.78 is 0. The van der Waals surface area contributed by atoms with E-state index >= 15 is 0 Å². The maximum absolute atomic E-state index is 14.2. The number of nitrogens with two attached hydrogens (primary N) is 3. The van der Waals surface area contributed by atoms with Crippen molar-refractivity contribution in [3.05, 3.63) is 54.1 Å². The average molecular weight is 1220 g/mol. The Bertz CT molecular complexity index is 2620. The quantitative estimate of drug-likeness (QED) is 0.0130. The van der Waals surface area contributed by atoms with Crippen LogP contribution in [-0.2, 0) is 70.4 Å². The Hall–Kier alpha value is -8.43. The molecule has 21 N–H and O–H groups in total. The lowest BCUT2D eigenvalue weighted by Crippen LogP contribution is -2.61. The van der Waals surface area contributed by atoms with Crippen molar-refractivity contribution in [3.63, 3.8) is 0 Å². The number of aliphatic imine (C=N–C) groups is 1. The van der Waals surface area contributed by atoms with E-state index in [1.165, 1.54) is 47.1 Å². The molecule has 2 rings (SSSR count). The minimum absolute atomic E-state index is 0.0176. The lowest BCUT2D eigenvalue weighted by molar-refractivity contribution is -0.143. The van der Waals surface area contributed by atoms with Crippen molar-refractivity contribution in [2.24, 2.45) is 34.0 Å². The number of carboxylic acid groups (broad SMARTS) is 2. The Kier molecular flexibility index (Phi) is 31.0. The number of aliphatic carboxylic acids is 2. The second kappa shape index (κ2) is 36.3. The van der Waals surface area contributed by atoms with Crippen LogP contribution in [0.15, 0.2) is 47.8 Å². The Morgan fingerprint density at radius 2 is 1.16 bits per heavy atom. The number of carbonyl (C=O) groups is 12. The van der Waals surface area contributed by atoms with Crippen molar-refractivity contribution in [1.82, 2.24) is 63.1 Å². The van der Waals surface area contributed by atoms with E-state index in [0.29, 0.717) is 5.56 Å². The molecule has 0 saturated heterocycles. The Balaban J connectivity index is 2.33. The van der Waals surface area contributed by atoms with Gasteiger partial charge in [0, 0.05) is 37.0 Å². The van der Waals surface area contributed by atoms with Crippen LogP contribution in [-0.4, -0.2) is 199 Å². The number of benzene rings is 1. The number of nitrogens with zero attached hydrogens (tertiary/aromatic N) is 2. The van der Waals surface area contributed by atoms with Crippen LogP contribution in [0.25, 0.3) is 0 Å². The number of hydrogen-bond acceptors (Lipinski definition) is 18. The van der Waals surface area contributed by atoms with E-state index in [9.17, 15) is 78.0 Å². The second-order valence-electron chi connectivity index (χ2n) is 20.8. The number of aliphatic hydroxyl groups excluding tert-OH is 2. The Labute approximate surface area is 495 Å². The number of rotatable bonds is 37. The summed E-state index contributed by atoms with van der Waals surface area (Å²) in [6.07, 6.45) is -1.93. The van der Waals surface area contributed by atoms with Crippen molar-refractivity contribution in [2.45, 2.75) is 160 Å². The molecular formula is C52H82N16O16S. The topological polar surface area (TPSA) is 525 Å². The molecule has 1 heterocycles. The zero-order valence-corrected chi connectivity index (χ0v) is 49.1. The number of carbonyl (C=O) groups excluding carboxylic acids is 10. The fourth-order valence-electron chi connectivity index (χ4n) is 7.87. The molecule has 0 fully saturated rings. The molecule has 0 spiro atoms. The second-order valence-corrected chi connectivity index (χ2v) is 21.1. The molecule has 472 valence electrons. The molecule has 0 aliphatic rings. The number of carboxylic acids is 2. The largest absolute Gasteiger partial charge is 0.481 e. The Morgan fingerprint density at radius 3 is 1.71 bits per heavy atom. The third-order valence-corrected chi connectivity index (χ3v) is 12.9. The molecule has 0 saturated carbocycles. The van der Waals surface area contributed by atoms with Gasteiger partial charge in [-0.25, -0.2) is 9.78 Å². The fourth-order valence-corrected chi connectivity index (χ4v) is 8.13. The number of amides is 10. The molecular weight excluding hydrogens is 1140 g/mol. The summed E-state index contributed by atoms with van der Waals surface area (Å²) in [6, 6.07) is -6.64. The van der Waals surface area contributed by atoms with Gasteiger partial charge in [0.15, 0.2) is 5.96 Å². The van der Waals surface area contributed by atoms with E-state index in [1.807, 2.05) is 0 Å². The summed E-state index contributed by atoms with van der Waals surface area (Å²) in [6.45, 7) is 9.34. The number of hydrogen-bond donors (Lipinski definition) is 19. The van der Waals surface area contributed by atoms with Gasteiger partial charge >= 0.3 is 11.9 Å². The number of guanidine groups is 1. The molecule has 0 radical (unpaired) electrons.